The molecule has 5 aliphatic carbocycles. The maximum atomic E-state index is 12.3. The van der Waals surface area contributed by atoms with Gasteiger partial charge < -0.3 is 47.5 Å². The third-order valence-electron chi connectivity index (χ3n) is 27.0. The minimum atomic E-state index is -2.10. The number of unbranched alkanes of at least 4 members (excludes halogenated alkanes) is 2. The predicted molar refractivity (Wildman–Crippen MR) is 448 cm³/mol. The Morgan fingerprint density at radius 2 is 1.14 bits per heavy atom. The lowest BCUT2D eigenvalue weighted by atomic mass is 9.60. The lowest BCUT2D eigenvalue weighted by Crippen LogP contribution is -2.53. The van der Waals surface area contributed by atoms with Crippen LogP contribution in [0.3, 0.4) is 0 Å². The van der Waals surface area contributed by atoms with Gasteiger partial charge in [0.2, 0.25) is 0 Å². The predicted octanol–water partition coefficient (Wildman–Crippen LogP) is 22.6. The maximum Gasteiger partial charge on any atom is 0.334 e. The van der Waals surface area contributed by atoms with Crippen molar-refractivity contribution in [3.63, 3.8) is 0 Å². The van der Waals surface area contributed by atoms with Gasteiger partial charge in [-0.05, 0) is 220 Å². The van der Waals surface area contributed by atoms with Crippen molar-refractivity contribution < 1.29 is 61.8 Å². The van der Waals surface area contributed by atoms with E-state index in [4.69, 9.17) is 43.8 Å². The molecule has 17 heteroatoms. The van der Waals surface area contributed by atoms with E-state index < -0.39 is 43.3 Å². The Morgan fingerprint density at radius 1 is 0.676 bits per heavy atom. The molecule has 7 fully saturated rings. The summed E-state index contributed by atoms with van der Waals surface area (Å²) in [4.78, 5) is 26.6. The fourth-order valence-corrected chi connectivity index (χ4v) is 21.8. The van der Waals surface area contributed by atoms with Gasteiger partial charge in [-0.3, -0.25) is 4.70 Å². The molecule has 0 spiro atoms. The first kappa shape index (κ1) is 96.6. The Bertz CT molecular complexity index is 2910. The molecule has 12 nitrogen and oxygen atoms in total. The van der Waals surface area contributed by atoms with E-state index in [-0.39, 0.29) is 86.1 Å². The fourth-order valence-electron chi connectivity index (χ4n) is 17.6. The smallest absolute Gasteiger partial charge is 0.334 e. The molecule has 2 saturated heterocycles. The third kappa shape index (κ3) is 25.0. The Labute approximate surface area is 652 Å². The summed E-state index contributed by atoms with van der Waals surface area (Å²) < 4.78 is 43.9. The summed E-state index contributed by atoms with van der Waals surface area (Å²) in [5.41, 5.74) is 6.59. The van der Waals surface area contributed by atoms with Crippen molar-refractivity contribution in [3.8, 4) is 12.3 Å². The van der Waals surface area contributed by atoms with Crippen LogP contribution in [0.1, 0.15) is 259 Å². The standard InChI is InChI=1S/C34H52O6.C29H60O4Si3.C23H35BrO2.C2H6.FH/c1-6-7-11-26-23(4)33(38)40-30(26)19-21(2)27-14-15-28-24(10-8-16-34(27,28)5)12-13-25-20-29(36)32(31(37)22(25)3)39-18-9-17-35;1-18-21-25(33-36(16,17)29(9,10)11)26(24(19-2)32-35(14,15)28(6,7)8)30-22-20-23-31-34(12,13)27(3,4)5;1-5-6-9-18-16(3)22(25)26-21(18)13-15(2)19-10-11-20-17(14-24)8-7-12-23(19,20)4;1-2;/h12-13,21,26-32,35-37H,3-4,6-11,14-20H2,1-2,5H3;1,19,24-26H,2,20-23H2,3-17H3;14-15,18-21H,3,5-13H2,1-2,4H3;1-2H3;1H/b24-12+,25-13-;;17-14+;;/t21-,26-,27-,28+,29-,30-,31-,32+,34-;24-,25-,26-;15-,18-,19-,20+,21-,23-;;/m111../s1. The minimum absolute atomic E-state index is 0. The van der Waals surface area contributed by atoms with E-state index in [0.717, 1.165) is 88.0 Å². The van der Waals surface area contributed by atoms with Crippen LogP contribution in [0.15, 0.2) is 83.0 Å². The van der Waals surface area contributed by atoms with Crippen LogP contribution in [0, 0.1) is 70.5 Å². The summed E-state index contributed by atoms with van der Waals surface area (Å²) >= 11 is 3.62. The van der Waals surface area contributed by atoms with Crippen LogP contribution < -0.4 is 0 Å². The van der Waals surface area contributed by atoms with Crippen molar-refractivity contribution in [2.75, 3.05) is 26.4 Å². The molecule has 7 rings (SSSR count). The van der Waals surface area contributed by atoms with Crippen LogP contribution in [-0.2, 0) is 41.8 Å². The van der Waals surface area contributed by atoms with Crippen LogP contribution >= 0.6 is 15.9 Å². The second kappa shape index (κ2) is 42.3. The second-order valence-electron chi connectivity index (χ2n) is 37.0. The monoisotopic (exact) mass is 1580 g/mol. The maximum absolute atomic E-state index is 12.3. The van der Waals surface area contributed by atoms with Crippen molar-refractivity contribution in [2.45, 2.75) is 362 Å². The normalized spacial score (nSPS) is 30.6. The highest BCUT2D eigenvalue weighted by Crippen LogP contribution is 2.62. The number of rotatable bonds is 31. The highest BCUT2D eigenvalue weighted by molar-refractivity contribution is 9.11. The summed E-state index contributed by atoms with van der Waals surface area (Å²) in [6.45, 7) is 70.0. The first-order valence-corrected chi connectivity index (χ1v) is 50.5. The van der Waals surface area contributed by atoms with E-state index in [1.807, 2.05) is 19.9 Å². The van der Waals surface area contributed by atoms with Crippen molar-refractivity contribution in [3.05, 3.63) is 83.0 Å². The molecule has 7 aliphatic rings. The molecule has 2 heterocycles. The van der Waals surface area contributed by atoms with Crippen molar-refractivity contribution in [1.29, 1.82) is 0 Å². The Kier molecular flexibility index (Phi) is 39.0. The molecule has 0 unspecified atom stereocenters. The van der Waals surface area contributed by atoms with Crippen LogP contribution in [0.5, 0.6) is 0 Å². The second-order valence-corrected chi connectivity index (χ2v) is 51.8. The molecule has 2 aliphatic heterocycles. The molecule has 0 aromatic heterocycles. The van der Waals surface area contributed by atoms with Gasteiger partial charge in [0.05, 0.1) is 18.3 Å². The van der Waals surface area contributed by atoms with E-state index in [1.165, 1.54) is 56.9 Å². The van der Waals surface area contributed by atoms with Gasteiger partial charge in [0.15, 0.2) is 25.0 Å². The molecule has 0 radical (unpaired) electrons. The number of terminal acetylenes is 1. The van der Waals surface area contributed by atoms with E-state index in [9.17, 15) is 19.8 Å². The van der Waals surface area contributed by atoms with E-state index in [0.29, 0.717) is 84.9 Å². The van der Waals surface area contributed by atoms with E-state index in [2.05, 4.69) is 208 Å². The number of esters is 2. The number of halogens is 2. The Balaban J connectivity index is 0.000000410. The van der Waals surface area contributed by atoms with Crippen molar-refractivity contribution in [2.24, 2.45) is 58.2 Å². The van der Waals surface area contributed by atoms with Gasteiger partial charge in [-0.1, -0.05) is 208 Å². The molecule has 3 N–H and O–H groups in total. The van der Waals surface area contributed by atoms with Gasteiger partial charge in [0.25, 0.3) is 0 Å². The van der Waals surface area contributed by atoms with Gasteiger partial charge >= 0.3 is 11.9 Å². The zero-order chi connectivity index (χ0) is 78.7. The first-order valence-electron chi connectivity index (χ1n) is 40.9. The highest BCUT2D eigenvalue weighted by atomic mass is 79.9. The summed E-state index contributed by atoms with van der Waals surface area (Å²) in [6, 6.07) is 0. The van der Waals surface area contributed by atoms with Gasteiger partial charge in [0.1, 0.15) is 30.5 Å². The molecular formula is C88H154BrFO12Si3. The molecule has 0 aromatic carbocycles. The Morgan fingerprint density at radius 3 is 1.58 bits per heavy atom. The van der Waals surface area contributed by atoms with Gasteiger partial charge in [-0.25, -0.2) is 9.59 Å². The summed E-state index contributed by atoms with van der Waals surface area (Å²) in [6.07, 6.45) is 31.6. The molecule has 0 bridgehead atoms. The zero-order valence-corrected chi connectivity index (χ0v) is 75.2. The van der Waals surface area contributed by atoms with Crippen molar-refractivity contribution in [1.82, 2.24) is 0 Å². The number of cyclic esters (lactones) is 2. The molecule has 105 heavy (non-hydrogen) atoms. The van der Waals surface area contributed by atoms with Gasteiger partial charge in [-0.15, -0.1) is 18.9 Å². The largest absolute Gasteiger partial charge is 0.458 e. The zero-order valence-electron chi connectivity index (χ0n) is 70.6. The topological polar surface area (TPSA) is 159 Å². The number of aliphatic hydroxyl groups is 3. The first-order chi connectivity index (χ1) is 48.5. The van der Waals surface area contributed by atoms with Crippen LogP contribution in [-0.4, -0.2) is 127 Å². The van der Waals surface area contributed by atoms with E-state index >= 15 is 0 Å². The summed E-state index contributed by atoms with van der Waals surface area (Å²) in [5, 5.41) is 30.8. The number of fused-ring (bicyclic) bond motifs is 2. The molecule has 18 atom stereocenters. The number of aliphatic hydroxyl groups excluding tert-OH is 3. The molecule has 5 saturated carbocycles. The highest BCUT2D eigenvalue weighted by Gasteiger charge is 2.54. The molecule has 0 amide bonds. The van der Waals surface area contributed by atoms with Crippen LogP contribution in [0.4, 0.5) is 4.70 Å². The molecule has 0 aromatic rings. The number of ether oxygens (including phenoxy) is 4. The fraction of sp³-hybridized carbons (Fsp3) is 0.795. The van der Waals surface area contributed by atoms with Crippen molar-refractivity contribution >= 4 is 52.8 Å². The average Bonchev–Trinajstić information content (AvgIpc) is 1.61. The number of hydrogen-bond donors (Lipinski definition) is 3. The van der Waals surface area contributed by atoms with Crippen LogP contribution in [0.25, 0.3) is 0 Å². The van der Waals surface area contributed by atoms with E-state index in [1.54, 1.807) is 5.57 Å². The Hall–Kier alpha value is -2.58. The molecule has 604 valence electrons. The van der Waals surface area contributed by atoms with Gasteiger partial charge in [-0.2, -0.15) is 0 Å². The summed E-state index contributed by atoms with van der Waals surface area (Å²) in [7, 11) is -5.97. The summed E-state index contributed by atoms with van der Waals surface area (Å²) in [5.74, 6) is 6.51. The lowest BCUT2D eigenvalue weighted by Gasteiger charge is -2.45. The lowest BCUT2D eigenvalue weighted by molar-refractivity contribution is -0.141. The number of allylic oxidation sites excluding steroid dienone is 4. The number of hydrogen-bond acceptors (Lipinski definition) is 12. The number of carbonyl (C=O) groups is 2. The van der Waals surface area contributed by atoms with Gasteiger partial charge in [0, 0.05) is 62.3 Å². The quantitative estimate of drug-likeness (QED) is 0.0151. The molecular weight excluding hydrogens is 1430 g/mol. The third-order valence-corrected chi connectivity index (χ3v) is 41.1. The SMILES string of the molecule is C#CC[C@@H](O[Si](C)(C)C(C)(C)C)[C@H](OCCCO[Si](C)(C)C(C)(C)C)[C@@H](C=C)O[Si](C)(C)C(C)(C)C.C=C1/C(=C\C=C2/CCC[C@]3(C)[C@@H]([C@H](C)C[C@H]4OC(=O)C(=C)[C@H]4CCCC)CC[C@@H]23)C[C@@H](O)[C@H](OCCCO)[C@@H]1O.C=C1C(=O)O[C@H](C[C@@H](C)[C@H]2CC[C@H]3/C(=C/Br)CCC[C@]23C)[C@@H]1CCCC.CC.F. The number of carbonyl (C=O) groups excluding carboxylic acids is 2. The average molecular weight is 1590 g/mol. The minimum Gasteiger partial charge on any atom is -0.458 e. The van der Waals surface area contributed by atoms with Crippen LogP contribution in [0.2, 0.25) is 54.4 Å².